The van der Waals surface area contributed by atoms with Gasteiger partial charge in [0, 0.05) is 32.2 Å². The first kappa shape index (κ1) is 18.6. The Morgan fingerprint density at radius 3 is 2.74 bits per heavy atom. The van der Waals surface area contributed by atoms with Gasteiger partial charge >= 0.3 is 0 Å². The van der Waals surface area contributed by atoms with Gasteiger partial charge in [-0.2, -0.15) is 4.31 Å². The summed E-state index contributed by atoms with van der Waals surface area (Å²) in [6.45, 7) is 5.31. The third kappa shape index (κ3) is 4.22. The van der Waals surface area contributed by atoms with Gasteiger partial charge in [0.05, 0.1) is 11.1 Å². The highest BCUT2D eigenvalue weighted by atomic mass is 35.5. The molecule has 2 atom stereocenters. The normalized spacial score (nSPS) is 22.2. The molecular formula is C15H22ClFN2O3S. The molecule has 2 rings (SSSR count). The van der Waals surface area contributed by atoms with Crippen LogP contribution in [-0.2, 0) is 10.0 Å². The zero-order valence-corrected chi connectivity index (χ0v) is 14.8. The minimum absolute atomic E-state index is 0.0143. The highest BCUT2D eigenvalue weighted by Crippen LogP contribution is 2.27. The van der Waals surface area contributed by atoms with E-state index in [1.165, 1.54) is 10.4 Å². The number of halogens is 2. The lowest BCUT2D eigenvalue weighted by molar-refractivity contribution is 0.0613. The number of aliphatic hydroxyl groups is 1. The number of nitrogens with zero attached hydrogens (tertiary/aromatic N) is 2. The van der Waals surface area contributed by atoms with Gasteiger partial charge < -0.3 is 5.11 Å². The molecule has 1 aromatic carbocycles. The average Bonchev–Trinajstić information content (AvgIpc) is 2.49. The molecule has 1 aliphatic rings. The molecule has 1 fully saturated rings. The molecule has 23 heavy (non-hydrogen) atoms. The fourth-order valence-electron chi connectivity index (χ4n) is 2.86. The van der Waals surface area contributed by atoms with Crippen molar-refractivity contribution in [3.63, 3.8) is 0 Å². The van der Waals surface area contributed by atoms with Gasteiger partial charge in [-0.3, -0.25) is 4.90 Å². The van der Waals surface area contributed by atoms with Crippen molar-refractivity contribution >= 4 is 21.6 Å². The number of β-amino-alcohol motifs (C(OH)–C–C–N with tert-alkyl or cyclic N) is 1. The summed E-state index contributed by atoms with van der Waals surface area (Å²) in [6, 6.07) is 3.36. The highest BCUT2D eigenvalue weighted by Gasteiger charge is 2.34. The molecule has 130 valence electrons. The van der Waals surface area contributed by atoms with Crippen molar-refractivity contribution in [3.05, 3.63) is 29.0 Å². The molecular weight excluding hydrogens is 343 g/mol. The number of benzene rings is 1. The second-order valence-corrected chi connectivity index (χ2v) is 8.16. The largest absolute Gasteiger partial charge is 0.392 e. The van der Waals surface area contributed by atoms with Gasteiger partial charge in [0.2, 0.25) is 10.0 Å². The summed E-state index contributed by atoms with van der Waals surface area (Å²) in [4.78, 5) is 1.89. The molecule has 5 nitrogen and oxygen atoms in total. The lowest BCUT2D eigenvalue weighted by Crippen LogP contribution is -2.55. The quantitative estimate of drug-likeness (QED) is 0.867. The molecule has 2 unspecified atom stereocenters. The summed E-state index contributed by atoms with van der Waals surface area (Å²) in [5.41, 5.74) is 0. The van der Waals surface area contributed by atoms with Crippen LogP contribution in [0.15, 0.2) is 23.1 Å². The SMILES string of the molecule is CCC1CN(S(=O)(=O)c2cc(F)ccc2Cl)CCN1CC(C)O. The summed E-state index contributed by atoms with van der Waals surface area (Å²) in [5.74, 6) is -0.632. The van der Waals surface area contributed by atoms with Crippen LogP contribution in [0.1, 0.15) is 20.3 Å². The second-order valence-electron chi connectivity index (χ2n) is 5.84. The first-order chi connectivity index (χ1) is 10.8. The lowest BCUT2D eigenvalue weighted by Gasteiger charge is -2.41. The summed E-state index contributed by atoms with van der Waals surface area (Å²) < 4.78 is 40.3. The van der Waals surface area contributed by atoms with Crippen LogP contribution in [0.4, 0.5) is 4.39 Å². The van der Waals surface area contributed by atoms with Gasteiger partial charge in [-0.15, -0.1) is 0 Å². The highest BCUT2D eigenvalue weighted by molar-refractivity contribution is 7.89. The maximum atomic E-state index is 13.4. The van der Waals surface area contributed by atoms with Crippen LogP contribution >= 0.6 is 11.6 Å². The zero-order valence-electron chi connectivity index (χ0n) is 13.2. The maximum absolute atomic E-state index is 13.4. The van der Waals surface area contributed by atoms with E-state index in [1.54, 1.807) is 6.92 Å². The van der Waals surface area contributed by atoms with Crippen LogP contribution in [-0.4, -0.2) is 61.1 Å². The summed E-state index contributed by atoms with van der Waals surface area (Å²) in [7, 11) is -3.84. The van der Waals surface area contributed by atoms with Crippen LogP contribution in [0, 0.1) is 5.82 Å². The molecule has 1 heterocycles. The lowest BCUT2D eigenvalue weighted by atomic mass is 10.1. The molecule has 0 spiro atoms. The Balaban J connectivity index is 2.23. The number of piperazine rings is 1. The maximum Gasteiger partial charge on any atom is 0.244 e. The van der Waals surface area contributed by atoms with Crippen molar-refractivity contribution in [2.45, 2.75) is 37.3 Å². The van der Waals surface area contributed by atoms with E-state index in [1.807, 2.05) is 6.92 Å². The summed E-state index contributed by atoms with van der Waals surface area (Å²) >= 11 is 5.95. The molecule has 1 aliphatic heterocycles. The third-order valence-electron chi connectivity index (χ3n) is 4.05. The van der Waals surface area contributed by atoms with Crippen molar-refractivity contribution in [2.75, 3.05) is 26.2 Å². The van der Waals surface area contributed by atoms with Crippen LogP contribution in [0.3, 0.4) is 0 Å². The van der Waals surface area contributed by atoms with Crippen molar-refractivity contribution in [1.82, 2.24) is 9.21 Å². The number of hydrogen-bond acceptors (Lipinski definition) is 4. The standard InChI is InChI=1S/C15H22ClFN2O3S/c1-3-13-10-19(7-6-18(13)9-11(2)20)23(21,22)15-8-12(17)4-5-14(15)16/h4-5,8,11,13,20H,3,6-7,9-10H2,1-2H3. The van der Waals surface area contributed by atoms with Crippen molar-refractivity contribution in [2.24, 2.45) is 0 Å². The predicted molar refractivity (Wildman–Crippen MR) is 87.5 cm³/mol. The molecule has 1 saturated heterocycles. The smallest absolute Gasteiger partial charge is 0.244 e. The predicted octanol–water partition coefficient (Wildman–Crippen LogP) is 1.94. The van der Waals surface area contributed by atoms with Gasteiger partial charge in [-0.05, 0) is 31.5 Å². The van der Waals surface area contributed by atoms with E-state index in [4.69, 9.17) is 11.6 Å². The Morgan fingerprint density at radius 2 is 2.13 bits per heavy atom. The Bertz CT molecular complexity index is 654. The number of hydrogen-bond donors (Lipinski definition) is 1. The Hall–Kier alpha value is -0.730. The molecule has 0 amide bonds. The molecule has 0 bridgehead atoms. The number of sulfonamides is 1. The van der Waals surface area contributed by atoms with Crippen LogP contribution in [0.2, 0.25) is 5.02 Å². The molecule has 0 radical (unpaired) electrons. The zero-order chi connectivity index (χ0) is 17.2. The van der Waals surface area contributed by atoms with Gasteiger partial charge in [0.15, 0.2) is 0 Å². The molecule has 0 aromatic heterocycles. The van der Waals surface area contributed by atoms with Crippen molar-refractivity contribution in [1.29, 1.82) is 0 Å². The Labute approximate surface area is 141 Å². The van der Waals surface area contributed by atoms with Crippen molar-refractivity contribution < 1.29 is 17.9 Å². The molecule has 0 aliphatic carbocycles. The van der Waals surface area contributed by atoms with Crippen LogP contribution < -0.4 is 0 Å². The number of aliphatic hydroxyl groups excluding tert-OH is 1. The van der Waals surface area contributed by atoms with E-state index >= 15 is 0 Å². The van der Waals surface area contributed by atoms with Crippen molar-refractivity contribution in [3.8, 4) is 0 Å². The molecule has 0 saturated carbocycles. The topological polar surface area (TPSA) is 60.9 Å². The van der Waals surface area contributed by atoms with Crippen LogP contribution in [0.5, 0.6) is 0 Å². The third-order valence-corrected chi connectivity index (χ3v) is 6.40. The molecule has 1 N–H and O–H groups in total. The van der Waals surface area contributed by atoms with E-state index in [9.17, 15) is 17.9 Å². The van der Waals surface area contributed by atoms with Gasteiger partial charge in [-0.25, -0.2) is 12.8 Å². The fraction of sp³-hybridized carbons (Fsp3) is 0.600. The average molecular weight is 365 g/mol. The van der Waals surface area contributed by atoms with E-state index < -0.39 is 21.9 Å². The van der Waals surface area contributed by atoms with E-state index in [2.05, 4.69) is 4.90 Å². The molecule has 1 aromatic rings. The van der Waals surface area contributed by atoms with E-state index in [0.717, 1.165) is 18.6 Å². The van der Waals surface area contributed by atoms with E-state index in [-0.39, 0.29) is 16.0 Å². The summed E-state index contributed by atoms with van der Waals surface area (Å²) in [6.07, 6.45) is 0.292. The fourth-order valence-corrected chi connectivity index (χ4v) is 4.82. The Morgan fingerprint density at radius 1 is 1.43 bits per heavy atom. The minimum Gasteiger partial charge on any atom is -0.392 e. The monoisotopic (exact) mass is 364 g/mol. The summed E-state index contributed by atoms with van der Waals surface area (Å²) in [5, 5.41) is 9.58. The van der Waals surface area contributed by atoms with Crippen LogP contribution in [0.25, 0.3) is 0 Å². The van der Waals surface area contributed by atoms with Gasteiger partial charge in [0.25, 0.3) is 0 Å². The number of rotatable bonds is 5. The van der Waals surface area contributed by atoms with Gasteiger partial charge in [0.1, 0.15) is 10.7 Å². The van der Waals surface area contributed by atoms with E-state index in [0.29, 0.717) is 26.2 Å². The first-order valence-electron chi connectivity index (χ1n) is 7.63. The van der Waals surface area contributed by atoms with Gasteiger partial charge in [-0.1, -0.05) is 18.5 Å². The Kier molecular flexibility index (Phi) is 6.02. The first-order valence-corrected chi connectivity index (χ1v) is 9.44. The minimum atomic E-state index is -3.84. The molecule has 8 heteroatoms. The second kappa shape index (κ2) is 7.44.